The van der Waals surface area contributed by atoms with Gasteiger partial charge in [-0.2, -0.15) is 0 Å². The zero-order chi connectivity index (χ0) is 43.6. The van der Waals surface area contributed by atoms with Gasteiger partial charge in [-0.1, -0.05) is 109 Å². The Bertz CT molecular complexity index is 4320. The van der Waals surface area contributed by atoms with Crippen molar-refractivity contribution in [1.29, 1.82) is 0 Å². The number of aryl methyl sites for hydroxylation is 2. The number of terminal acetylenes is 1. The van der Waals surface area contributed by atoms with Crippen molar-refractivity contribution in [2.75, 3.05) is 0 Å². The number of para-hydroxylation sites is 5. The molecule has 0 aliphatic heterocycles. The summed E-state index contributed by atoms with van der Waals surface area (Å²) in [4.78, 5) is 0. The number of hydrogen-bond donors (Lipinski definition) is 0. The fourth-order valence-corrected chi connectivity index (χ4v) is 10.9. The van der Waals surface area contributed by atoms with Gasteiger partial charge in [0.2, 0.25) is 0 Å². The van der Waals surface area contributed by atoms with Crippen LogP contribution >= 0.6 is 0 Å². The first-order valence-corrected chi connectivity index (χ1v) is 22.5. The first-order chi connectivity index (χ1) is 32.6. The molecular formula is C61H38N2O3. The number of benzene rings is 8. The Hall–Kier alpha value is -8.72. The maximum Gasteiger partial charge on any atom is 0.159 e. The minimum atomic E-state index is 0.785. The van der Waals surface area contributed by atoms with Crippen molar-refractivity contribution in [3.8, 4) is 34.8 Å². The zero-order valence-electron chi connectivity index (χ0n) is 35.9. The minimum Gasteiger partial charge on any atom is -0.456 e. The Kier molecular flexibility index (Phi) is 7.73. The molecule has 5 heterocycles. The summed E-state index contributed by atoms with van der Waals surface area (Å²) in [6, 6.07) is 58.4. The SMILES string of the molecule is C#C/C=C(/c1ccc2c(c1)c1ccccc1n2-c1cccc2c1oc1ccc(-n3c4ccccc4c4cc(-c5cccc6c7c(oc56)C=CCC7)ccc43)cc12)c1oc2ccccc2c1C. The molecule has 5 heteroatoms. The summed E-state index contributed by atoms with van der Waals surface area (Å²) < 4.78 is 24.6. The van der Waals surface area contributed by atoms with Crippen LogP contribution in [0.4, 0.5) is 0 Å². The Morgan fingerprint density at radius 3 is 2.11 bits per heavy atom. The number of aromatic nitrogens is 2. The monoisotopic (exact) mass is 846 g/mol. The largest absolute Gasteiger partial charge is 0.456 e. The van der Waals surface area contributed by atoms with Crippen LogP contribution in [0.25, 0.3) is 122 Å². The molecule has 0 bridgehead atoms. The third kappa shape index (κ3) is 5.18. The molecule has 0 amide bonds. The molecule has 5 nitrogen and oxygen atoms in total. The third-order valence-electron chi connectivity index (χ3n) is 13.9. The summed E-state index contributed by atoms with van der Waals surface area (Å²) in [5.41, 5.74) is 16.5. The molecular weight excluding hydrogens is 809 g/mol. The van der Waals surface area contributed by atoms with E-state index in [1.54, 1.807) is 0 Å². The van der Waals surface area contributed by atoms with Crippen molar-refractivity contribution in [3.63, 3.8) is 0 Å². The molecule has 8 aromatic carbocycles. The van der Waals surface area contributed by atoms with E-state index in [0.29, 0.717) is 0 Å². The van der Waals surface area contributed by atoms with Crippen LogP contribution in [-0.2, 0) is 6.42 Å². The van der Waals surface area contributed by atoms with Gasteiger partial charge in [-0.15, -0.1) is 6.42 Å². The summed E-state index contributed by atoms with van der Waals surface area (Å²) in [5.74, 6) is 4.56. The molecule has 5 aromatic heterocycles. The second-order valence-corrected chi connectivity index (χ2v) is 17.5. The van der Waals surface area contributed by atoms with Gasteiger partial charge in [0.25, 0.3) is 0 Å². The predicted molar refractivity (Wildman–Crippen MR) is 272 cm³/mol. The van der Waals surface area contributed by atoms with E-state index in [2.05, 4.69) is 180 Å². The van der Waals surface area contributed by atoms with Crippen LogP contribution < -0.4 is 0 Å². The Morgan fingerprint density at radius 1 is 0.561 bits per heavy atom. The average Bonchev–Trinajstić information content (AvgIpc) is 4.18. The van der Waals surface area contributed by atoms with Crippen LogP contribution in [0.3, 0.4) is 0 Å². The highest BCUT2D eigenvalue weighted by atomic mass is 16.3. The fourth-order valence-electron chi connectivity index (χ4n) is 10.9. The third-order valence-corrected chi connectivity index (χ3v) is 13.9. The molecule has 13 aromatic rings. The number of fused-ring (bicyclic) bond motifs is 13. The summed E-state index contributed by atoms with van der Waals surface area (Å²) in [7, 11) is 0. The standard InChI is InChI=1S/C61H38N2O3/c1-3-14-41(59-36(2)40-15-6-10-25-56(40)64-59)37-28-31-54-49(33-37)44-17-5-9-23-52(44)63(54)55-24-13-21-47-50-35-39(29-32-58(50)66-61(47)55)62-51-22-8-4-16-43(51)48-34-38(27-30-53(48)62)42-19-12-20-46-45-18-7-11-26-57(45)65-60(42)46/h1,4-6,8-17,19-35H,7,18H2,2H3/b41-14-. The highest BCUT2D eigenvalue weighted by molar-refractivity contribution is 6.15. The maximum absolute atomic E-state index is 6.89. The Labute approximate surface area is 378 Å². The molecule has 0 spiro atoms. The number of furan rings is 3. The fraction of sp³-hybridized carbons (Fsp3) is 0.0492. The summed E-state index contributed by atoms with van der Waals surface area (Å²) in [6.07, 6.45) is 14.2. The molecule has 0 fully saturated rings. The van der Waals surface area contributed by atoms with Gasteiger partial charge >= 0.3 is 0 Å². The molecule has 1 aliphatic carbocycles. The van der Waals surface area contributed by atoms with Crippen molar-refractivity contribution >= 4 is 99.1 Å². The zero-order valence-corrected chi connectivity index (χ0v) is 35.9. The predicted octanol–water partition coefficient (Wildman–Crippen LogP) is 16.3. The van der Waals surface area contributed by atoms with E-state index in [1.165, 1.54) is 21.7 Å². The van der Waals surface area contributed by atoms with E-state index in [9.17, 15) is 0 Å². The first kappa shape index (κ1) is 36.7. The Morgan fingerprint density at radius 2 is 1.26 bits per heavy atom. The lowest BCUT2D eigenvalue weighted by Crippen LogP contribution is -1.95. The van der Waals surface area contributed by atoms with Crippen molar-refractivity contribution in [2.45, 2.75) is 19.8 Å². The molecule has 0 radical (unpaired) electrons. The first-order valence-electron chi connectivity index (χ1n) is 22.5. The van der Waals surface area contributed by atoms with Crippen LogP contribution in [-0.4, -0.2) is 9.13 Å². The van der Waals surface area contributed by atoms with Crippen molar-refractivity contribution in [2.24, 2.45) is 0 Å². The van der Waals surface area contributed by atoms with E-state index in [-0.39, 0.29) is 0 Å². The molecule has 0 saturated carbocycles. The number of rotatable bonds is 5. The molecule has 0 N–H and O–H groups in total. The quantitative estimate of drug-likeness (QED) is 0.162. The lowest BCUT2D eigenvalue weighted by atomic mass is 9.97. The van der Waals surface area contributed by atoms with Gasteiger partial charge in [0.15, 0.2) is 5.58 Å². The molecule has 0 saturated heterocycles. The van der Waals surface area contributed by atoms with Gasteiger partial charge in [0.1, 0.15) is 28.3 Å². The van der Waals surface area contributed by atoms with Gasteiger partial charge < -0.3 is 22.4 Å². The van der Waals surface area contributed by atoms with Crippen molar-refractivity contribution in [1.82, 2.24) is 9.13 Å². The number of allylic oxidation sites excluding steroid dienone is 2. The van der Waals surface area contributed by atoms with Crippen LogP contribution in [0.15, 0.2) is 189 Å². The normalized spacial score (nSPS) is 13.1. The Balaban J connectivity index is 0.912. The summed E-state index contributed by atoms with van der Waals surface area (Å²) in [5, 5.41) is 9.05. The average molecular weight is 847 g/mol. The molecule has 14 rings (SSSR count). The highest BCUT2D eigenvalue weighted by Gasteiger charge is 2.23. The van der Waals surface area contributed by atoms with Gasteiger partial charge in [0.05, 0.1) is 27.8 Å². The smallest absolute Gasteiger partial charge is 0.159 e. The van der Waals surface area contributed by atoms with Gasteiger partial charge in [-0.05, 0) is 110 Å². The number of nitrogens with zero attached hydrogens (tertiary/aromatic N) is 2. The lowest BCUT2D eigenvalue weighted by Gasteiger charge is -2.10. The summed E-state index contributed by atoms with van der Waals surface area (Å²) in [6.45, 7) is 2.10. The van der Waals surface area contributed by atoms with Crippen LogP contribution in [0.2, 0.25) is 0 Å². The topological polar surface area (TPSA) is 49.3 Å². The van der Waals surface area contributed by atoms with Crippen molar-refractivity contribution in [3.05, 3.63) is 204 Å². The molecule has 1 aliphatic rings. The molecule has 0 unspecified atom stereocenters. The van der Waals surface area contributed by atoms with Crippen LogP contribution in [0.1, 0.15) is 34.6 Å². The molecule has 66 heavy (non-hydrogen) atoms. The van der Waals surface area contributed by atoms with Crippen LogP contribution in [0.5, 0.6) is 0 Å². The second kappa shape index (κ2) is 13.9. The maximum atomic E-state index is 6.89. The van der Waals surface area contributed by atoms with Crippen LogP contribution in [0, 0.1) is 19.3 Å². The summed E-state index contributed by atoms with van der Waals surface area (Å²) >= 11 is 0. The highest BCUT2D eigenvalue weighted by Crippen LogP contribution is 2.43. The van der Waals surface area contributed by atoms with E-state index >= 15 is 0 Å². The molecule has 310 valence electrons. The van der Waals surface area contributed by atoms with Gasteiger partial charge in [0, 0.05) is 71.0 Å². The lowest BCUT2D eigenvalue weighted by molar-refractivity contribution is 0.596. The van der Waals surface area contributed by atoms with Gasteiger partial charge in [-0.25, -0.2) is 0 Å². The second-order valence-electron chi connectivity index (χ2n) is 17.5. The van der Waals surface area contributed by atoms with E-state index in [4.69, 9.17) is 19.7 Å². The van der Waals surface area contributed by atoms with E-state index in [1.807, 2.05) is 24.3 Å². The minimum absolute atomic E-state index is 0.785. The number of hydrogen-bond acceptors (Lipinski definition) is 3. The van der Waals surface area contributed by atoms with E-state index < -0.39 is 0 Å². The molecule has 0 atom stereocenters. The van der Waals surface area contributed by atoms with Gasteiger partial charge in [-0.3, -0.25) is 0 Å². The van der Waals surface area contributed by atoms with E-state index in [0.717, 1.165) is 135 Å². The van der Waals surface area contributed by atoms with Crippen molar-refractivity contribution < 1.29 is 13.3 Å².